The van der Waals surface area contributed by atoms with Gasteiger partial charge >= 0.3 is 161 Å². The minimum absolute atomic E-state index is 0. The van der Waals surface area contributed by atoms with Crippen molar-refractivity contribution in [2.24, 2.45) is 5.92 Å². The molecule has 4 heteroatoms. The summed E-state index contributed by atoms with van der Waals surface area (Å²) in [7, 11) is 0. The second kappa shape index (κ2) is 9.29. The summed E-state index contributed by atoms with van der Waals surface area (Å²) >= 11 is -2.19. The van der Waals surface area contributed by atoms with E-state index < -0.39 is 19.4 Å². The van der Waals surface area contributed by atoms with Crippen LogP contribution in [0.25, 0.3) is 6.08 Å². The van der Waals surface area contributed by atoms with Gasteiger partial charge in [-0.05, 0) is 0 Å². The summed E-state index contributed by atoms with van der Waals surface area (Å²) in [5.74, 6) is 0.673. The first kappa shape index (κ1) is 25.2. The number of hydrogen-bond donors (Lipinski definition) is 0. The van der Waals surface area contributed by atoms with Crippen LogP contribution in [0.2, 0.25) is 12.9 Å². The molecule has 1 unspecified atom stereocenters. The molecule has 0 aliphatic heterocycles. The molecule has 0 nitrogen and oxygen atoms in total. The Morgan fingerprint density at radius 3 is 1.93 bits per heavy atom. The Balaban J connectivity index is 0.00000182. The third-order valence-electron chi connectivity index (χ3n) is 6.89. The van der Waals surface area contributed by atoms with E-state index in [1.807, 2.05) is 0 Å². The van der Waals surface area contributed by atoms with Gasteiger partial charge in [-0.3, -0.25) is 0 Å². The van der Waals surface area contributed by atoms with Crippen LogP contribution < -0.4 is 24.8 Å². The third-order valence-corrected chi connectivity index (χ3v) is 28.4. The molecule has 0 heterocycles. The number of halogens is 2. The van der Waals surface area contributed by atoms with E-state index in [9.17, 15) is 0 Å². The zero-order valence-corrected chi connectivity index (χ0v) is 23.5. The average Bonchev–Trinajstić information content (AvgIpc) is 2.99. The topological polar surface area (TPSA) is 0 Å². The summed E-state index contributed by atoms with van der Waals surface area (Å²) in [6.07, 6.45) is 2.52. The zero-order valence-electron chi connectivity index (χ0n) is 18.1. The number of rotatable bonds is 4. The van der Waals surface area contributed by atoms with Crippen molar-refractivity contribution in [3.05, 3.63) is 63.3 Å². The SMILES string of the molecule is CC1=C(C)[CH]([Zr]([CH3])([CH3])[SiH2]C2C(C(C)C)=Cc3ccccc32)C(C)=C1C.[Cl-].[Cl-]. The first-order valence-electron chi connectivity index (χ1n) is 9.80. The average molecular weight is 501 g/mol. The largest absolute Gasteiger partial charge is 1.00 e. The summed E-state index contributed by atoms with van der Waals surface area (Å²) in [6.45, 7) is 14.2. The van der Waals surface area contributed by atoms with Crippen LogP contribution in [0, 0.1) is 5.92 Å². The van der Waals surface area contributed by atoms with Gasteiger partial charge in [0.1, 0.15) is 0 Å². The number of allylic oxidation sites excluding steroid dienone is 5. The Hall–Kier alpha value is 0.120. The van der Waals surface area contributed by atoms with E-state index in [-0.39, 0.29) is 31.5 Å². The van der Waals surface area contributed by atoms with Crippen LogP contribution in [0.5, 0.6) is 0 Å². The van der Waals surface area contributed by atoms with Crippen LogP contribution in [0.15, 0.2) is 52.1 Å². The predicted molar refractivity (Wildman–Crippen MR) is 113 cm³/mol. The van der Waals surface area contributed by atoms with E-state index >= 15 is 0 Å². The molecule has 0 radical (unpaired) electrons. The molecule has 0 fully saturated rings. The van der Waals surface area contributed by atoms with Crippen LogP contribution in [0.3, 0.4) is 0 Å². The maximum Gasteiger partial charge on any atom is -1.00 e. The molecule has 27 heavy (non-hydrogen) atoms. The fourth-order valence-corrected chi connectivity index (χ4v) is 31.4. The molecule has 0 saturated carbocycles. The van der Waals surface area contributed by atoms with E-state index in [1.54, 1.807) is 33.4 Å². The van der Waals surface area contributed by atoms with Crippen molar-refractivity contribution < 1.29 is 44.2 Å². The number of hydrogen-bond acceptors (Lipinski definition) is 0. The smallest absolute Gasteiger partial charge is 1.00 e. The van der Waals surface area contributed by atoms with Gasteiger partial charge in [-0.1, -0.05) is 0 Å². The molecule has 150 valence electrons. The Kier molecular flexibility index (Phi) is 8.66. The fourth-order valence-electron chi connectivity index (χ4n) is 5.38. The molecular formula is C23H34Cl2SiZr-2. The van der Waals surface area contributed by atoms with E-state index in [1.165, 1.54) is 5.56 Å². The van der Waals surface area contributed by atoms with Crippen LogP contribution in [0.1, 0.15) is 58.2 Å². The van der Waals surface area contributed by atoms with Crippen molar-refractivity contribution in [1.29, 1.82) is 0 Å². The maximum absolute atomic E-state index is 2.75. The van der Waals surface area contributed by atoms with Crippen molar-refractivity contribution in [3.8, 4) is 0 Å². The minimum atomic E-state index is -2.19. The third kappa shape index (κ3) is 4.50. The van der Waals surface area contributed by atoms with E-state index in [2.05, 4.69) is 81.1 Å². The summed E-state index contributed by atoms with van der Waals surface area (Å²) < 4.78 is 6.36. The first-order valence-corrected chi connectivity index (χ1v) is 22.9. The summed E-state index contributed by atoms with van der Waals surface area (Å²) in [5.41, 5.74) is 12.3. The van der Waals surface area contributed by atoms with Gasteiger partial charge in [0.05, 0.1) is 0 Å². The van der Waals surface area contributed by atoms with Crippen LogP contribution in [-0.2, 0) is 19.4 Å². The second-order valence-corrected chi connectivity index (χ2v) is 35.4. The van der Waals surface area contributed by atoms with Gasteiger partial charge in [0.2, 0.25) is 0 Å². The van der Waals surface area contributed by atoms with Crippen molar-refractivity contribution in [1.82, 2.24) is 0 Å². The molecule has 0 saturated heterocycles. The molecule has 1 atom stereocenters. The predicted octanol–water partition coefficient (Wildman–Crippen LogP) is 0.598. The zero-order chi connectivity index (χ0) is 18.5. The molecule has 2 aliphatic rings. The van der Waals surface area contributed by atoms with Crippen LogP contribution in [0.4, 0.5) is 0 Å². The van der Waals surface area contributed by atoms with E-state index in [0.29, 0.717) is 5.92 Å². The molecule has 0 amide bonds. The normalized spacial score (nSPS) is 20.3. The number of benzene rings is 1. The van der Waals surface area contributed by atoms with Gasteiger partial charge in [-0.15, -0.1) is 0 Å². The van der Waals surface area contributed by atoms with Crippen molar-refractivity contribution in [3.63, 3.8) is 0 Å². The standard InChI is InChI=1S/C12H15Si.C9H13.2CH3.2ClH.Zr/c1-8(2)11-7-9-5-3-4-6-10(9)12(11)13;1-6-5-7(2)9(4)8(6)3;;;;;/h3-8,12H,13H2,1-2H3;5H,1-4H3;2*1H3;2*1H;/p-2. The fraction of sp³-hybridized carbons (Fsp3) is 0.478. The summed E-state index contributed by atoms with van der Waals surface area (Å²) in [6, 6.07) is 9.20. The van der Waals surface area contributed by atoms with Crippen LogP contribution >= 0.6 is 0 Å². The maximum atomic E-state index is 2.75. The molecule has 0 bridgehead atoms. The molecule has 1 aromatic rings. The van der Waals surface area contributed by atoms with Crippen molar-refractivity contribution >= 4 is 12.7 Å². The molecule has 1 aromatic carbocycles. The Labute approximate surface area is 185 Å². The summed E-state index contributed by atoms with van der Waals surface area (Å²) in [4.78, 5) is 0. The summed E-state index contributed by atoms with van der Waals surface area (Å²) in [5, 5.41) is 0. The first-order chi connectivity index (χ1) is 11.6. The molecule has 0 spiro atoms. The molecular weight excluding hydrogens is 466 g/mol. The molecule has 2 aliphatic carbocycles. The van der Waals surface area contributed by atoms with Crippen molar-refractivity contribution in [2.75, 3.05) is 0 Å². The van der Waals surface area contributed by atoms with Crippen molar-refractivity contribution in [2.45, 2.75) is 60.0 Å². The Bertz CT molecular complexity index is 778. The van der Waals surface area contributed by atoms with Gasteiger partial charge in [0.25, 0.3) is 0 Å². The van der Waals surface area contributed by atoms with Gasteiger partial charge in [-0.25, -0.2) is 0 Å². The quantitative estimate of drug-likeness (QED) is 0.532. The second-order valence-electron chi connectivity index (χ2n) is 9.22. The van der Waals surface area contributed by atoms with E-state index in [0.717, 1.165) is 9.17 Å². The monoisotopic (exact) mass is 498 g/mol. The van der Waals surface area contributed by atoms with E-state index in [4.69, 9.17) is 0 Å². The number of fused-ring (bicyclic) bond motifs is 1. The molecule has 0 N–H and O–H groups in total. The molecule has 0 aromatic heterocycles. The van der Waals surface area contributed by atoms with Gasteiger partial charge in [0, 0.05) is 0 Å². The van der Waals surface area contributed by atoms with Gasteiger partial charge in [-0.2, -0.15) is 0 Å². The van der Waals surface area contributed by atoms with Crippen LogP contribution in [-0.4, -0.2) is 6.65 Å². The van der Waals surface area contributed by atoms with Gasteiger partial charge in [0.15, 0.2) is 0 Å². The van der Waals surface area contributed by atoms with Gasteiger partial charge < -0.3 is 24.8 Å². The Morgan fingerprint density at radius 1 is 0.889 bits per heavy atom. The molecule has 3 rings (SSSR count). The Morgan fingerprint density at radius 2 is 1.41 bits per heavy atom. The minimum Gasteiger partial charge on any atom is -1.00 e.